The first-order valence-corrected chi connectivity index (χ1v) is 7.20. The van der Waals surface area contributed by atoms with E-state index in [1.165, 1.54) is 44.1 Å². The lowest BCUT2D eigenvalue weighted by Gasteiger charge is -2.26. The standard InChI is InChI=1S/C15H26N2O/c1-16-10-13-9-15(18-12-13)11-17(2)14-7-5-3-4-6-8-14/h9,12,14,16H,3-8,10-11H2,1-2H3. The Bertz CT molecular complexity index is 340. The van der Waals surface area contributed by atoms with Gasteiger partial charge in [0.25, 0.3) is 0 Å². The third-order valence-electron chi connectivity index (χ3n) is 3.94. The van der Waals surface area contributed by atoms with Crippen molar-refractivity contribution in [2.45, 2.75) is 57.7 Å². The highest BCUT2D eigenvalue weighted by Gasteiger charge is 2.17. The Labute approximate surface area is 111 Å². The zero-order chi connectivity index (χ0) is 12.8. The molecular formula is C15H26N2O. The van der Waals surface area contributed by atoms with Crippen LogP contribution in [-0.2, 0) is 13.1 Å². The minimum absolute atomic E-state index is 0.741. The number of furan rings is 1. The number of nitrogens with one attached hydrogen (secondary N) is 1. The molecule has 1 aromatic rings. The largest absolute Gasteiger partial charge is 0.468 e. The van der Waals surface area contributed by atoms with E-state index in [0.717, 1.165) is 24.9 Å². The molecule has 0 unspecified atom stereocenters. The van der Waals surface area contributed by atoms with Crippen LogP contribution in [0.4, 0.5) is 0 Å². The Balaban J connectivity index is 1.86. The normalized spacial score (nSPS) is 18.2. The Kier molecular flexibility index (Phi) is 5.26. The summed E-state index contributed by atoms with van der Waals surface area (Å²) in [7, 11) is 4.20. The van der Waals surface area contributed by atoms with Crippen LogP contribution in [0.3, 0.4) is 0 Å². The molecule has 1 heterocycles. The predicted octanol–water partition coefficient (Wildman–Crippen LogP) is 3.15. The smallest absolute Gasteiger partial charge is 0.118 e. The number of rotatable bonds is 5. The molecule has 0 saturated heterocycles. The molecule has 1 fully saturated rings. The minimum Gasteiger partial charge on any atom is -0.468 e. The Morgan fingerprint density at radius 3 is 2.67 bits per heavy atom. The highest BCUT2D eigenvalue weighted by atomic mass is 16.3. The molecule has 1 aliphatic rings. The summed E-state index contributed by atoms with van der Waals surface area (Å²) >= 11 is 0. The van der Waals surface area contributed by atoms with E-state index in [4.69, 9.17) is 4.42 Å². The molecule has 0 aromatic carbocycles. The summed E-state index contributed by atoms with van der Waals surface area (Å²) in [6.45, 7) is 1.82. The summed E-state index contributed by atoms with van der Waals surface area (Å²) in [5, 5.41) is 3.15. The zero-order valence-electron chi connectivity index (χ0n) is 11.7. The monoisotopic (exact) mass is 250 g/mol. The third-order valence-corrected chi connectivity index (χ3v) is 3.94. The van der Waals surface area contributed by atoms with Crippen LogP contribution in [0, 0.1) is 0 Å². The number of nitrogens with zero attached hydrogens (tertiary/aromatic N) is 1. The van der Waals surface area contributed by atoms with Crippen molar-refractivity contribution in [1.82, 2.24) is 10.2 Å². The Hall–Kier alpha value is -0.800. The molecule has 102 valence electrons. The van der Waals surface area contributed by atoms with Gasteiger partial charge in [0, 0.05) is 18.2 Å². The number of hydrogen-bond acceptors (Lipinski definition) is 3. The molecule has 3 nitrogen and oxygen atoms in total. The lowest BCUT2D eigenvalue weighted by atomic mass is 10.1. The molecule has 3 heteroatoms. The van der Waals surface area contributed by atoms with Gasteiger partial charge in [0.2, 0.25) is 0 Å². The summed E-state index contributed by atoms with van der Waals surface area (Å²) in [4.78, 5) is 2.47. The van der Waals surface area contributed by atoms with Crippen molar-refractivity contribution in [3.8, 4) is 0 Å². The maximum Gasteiger partial charge on any atom is 0.118 e. The topological polar surface area (TPSA) is 28.4 Å². The first-order valence-electron chi connectivity index (χ1n) is 7.20. The van der Waals surface area contributed by atoms with Gasteiger partial charge in [-0.25, -0.2) is 0 Å². The second kappa shape index (κ2) is 6.95. The lowest BCUT2D eigenvalue weighted by molar-refractivity contribution is 0.198. The van der Waals surface area contributed by atoms with Gasteiger partial charge in [-0.05, 0) is 33.0 Å². The summed E-state index contributed by atoms with van der Waals surface area (Å²) in [6, 6.07) is 2.91. The molecule has 1 saturated carbocycles. The van der Waals surface area contributed by atoms with Gasteiger partial charge in [0.05, 0.1) is 12.8 Å². The van der Waals surface area contributed by atoms with E-state index in [2.05, 4.69) is 23.3 Å². The van der Waals surface area contributed by atoms with E-state index >= 15 is 0 Å². The highest BCUT2D eigenvalue weighted by Crippen LogP contribution is 2.22. The first-order chi connectivity index (χ1) is 8.79. The Morgan fingerprint density at radius 2 is 2.00 bits per heavy atom. The van der Waals surface area contributed by atoms with Crippen LogP contribution in [-0.4, -0.2) is 25.0 Å². The number of hydrogen-bond donors (Lipinski definition) is 1. The zero-order valence-corrected chi connectivity index (χ0v) is 11.7. The summed E-state index contributed by atoms with van der Waals surface area (Å²) in [5.74, 6) is 1.09. The summed E-state index contributed by atoms with van der Waals surface area (Å²) in [6.07, 6.45) is 10.2. The molecule has 0 amide bonds. The van der Waals surface area contributed by atoms with Gasteiger partial charge in [-0.2, -0.15) is 0 Å². The minimum atomic E-state index is 0.741. The van der Waals surface area contributed by atoms with E-state index in [-0.39, 0.29) is 0 Å². The van der Waals surface area contributed by atoms with Gasteiger partial charge in [0.1, 0.15) is 5.76 Å². The molecule has 1 N–H and O–H groups in total. The second-order valence-electron chi connectivity index (χ2n) is 5.51. The van der Waals surface area contributed by atoms with Crippen LogP contribution in [0.2, 0.25) is 0 Å². The third kappa shape index (κ3) is 3.85. The van der Waals surface area contributed by atoms with Crippen molar-refractivity contribution in [3.05, 3.63) is 23.7 Å². The maximum atomic E-state index is 5.63. The van der Waals surface area contributed by atoms with Crippen LogP contribution >= 0.6 is 0 Å². The van der Waals surface area contributed by atoms with E-state index in [1.807, 2.05) is 13.3 Å². The van der Waals surface area contributed by atoms with Gasteiger partial charge in [0.15, 0.2) is 0 Å². The van der Waals surface area contributed by atoms with E-state index in [1.54, 1.807) is 0 Å². The molecule has 2 rings (SSSR count). The average Bonchev–Trinajstić information content (AvgIpc) is 2.65. The Morgan fingerprint density at radius 1 is 1.28 bits per heavy atom. The van der Waals surface area contributed by atoms with Crippen molar-refractivity contribution in [2.75, 3.05) is 14.1 Å². The molecule has 0 radical (unpaired) electrons. The van der Waals surface area contributed by atoms with Crippen LogP contribution in [0.1, 0.15) is 49.8 Å². The van der Waals surface area contributed by atoms with E-state index in [9.17, 15) is 0 Å². The van der Waals surface area contributed by atoms with E-state index < -0.39 is 0 Å². The fourth-order valence-corrected chi connectivity index (χ4v) is 2.88. The fraction of sp³-hybridized carbons (Fsp3) is 0.733. The first kappa shape index (κ1) is 13.6. The fourth-order valence-electron chi connectivity index (χ4n) is 2.88. The van der Waals surface area contributed by atoms with Crippen molar-refractivity contribution in [2.24, 2.45) is 0 Å². The van der Waals surface area contributed by atoms with Crippen molar-refractivity contribution >= 4 is 0 Å². The molecule has 0 bridgehead atoms. The molecule has 0 aliphatic heterocycles. The quantitative estimate of drug-likeness (QED) is 0.814. The van der Waals surface area contributed by atoms with E-state index in [0.29, 0.717) is 0 Å². The molecule has 1 aromatic heterocycles. The maximum absolute atomic E-state index is 5.63. The molecule has 0 spiro atoms. The van der Waals surface area contributed by atoms with Crippen LogP contribution in [0.15, 0.2) is 16.7 Å². The van der Waals surface area contributed by atoms with Crippen molar-refractivity contribution in [3.63, 3.8) is 0 Å². The SMILES string of the molecule is CNCc1coc(CN(C)C2CCCCCC2)c1. The summed E-state index contributed by atoms with van der Waals surface area (Å²) < 4.78 is 5.63. The van der Waals surface area contributed by atoms with Crippen molar-refractivity contribution < 1.29 is 4.42 Å². The van der Waals surface area contributed by atoms with Crippen LogP contribution < -0.4 is 5.32 Å². The van der Waals surface area contributed by atoms with Gasteiger partial charge >= 0.3 is 0 Å². The predicted molar refractivity (Wildman–Crippen MR) is 74.4 cm³/mol. The van der Waals surface area contributed by atoms with Crippen molar-refractivity contribution in [1.29, 1.82) is 0 Å². The molecule has 1 aliphatic carbocycles. The summed E-state index contributed by atoms with van der Waals surface area (Å²) in [5.41, 5.74) is 1.24. The second-order valence-corrected chi connectivity index (χ2v) is 5.51. The highest BCUT2D eigenvalue weighted by molar-refractivity contribution is 5.12. The lowest BCUT2D eigenvalue weighted by Crippen LogP contribution is -2.30. The average molecular weight is 250 g/mol. The molecular weight excluding hydrogens is 224 g/mol. The van der Waals surface area contributed by atoms with Gasteiger partial charge in [-0.15, -0.1) is 0 Å². The van der Waals surface area contributed by atoms with Crippen LogP contribution in [0.25, 0.3) is 0 Å². The van der Waals surface area contributed by atoms with Crippen LogP contribution in [0.5, 0.6) is 0 Å². The molecule has 18 heavy (non-hydrogen) atoms. The van der Waals surface area contributed by atoms with Gasteiger partial charge < -0.3 is 9.73 Å². The molecule has 0 atom stereocenters. The van der Waals surface area contributed by atoms with Gasteiger partial charge in [-0.1, -0.05) is 25.7 Å². The van der Waals surface area contributed by atoms with Gasteiger partial charge in [-0.3, -0.25) is 4.90 Å².